The Bertz CT molecular complexity index is 673. The predicted molar refractivity (Wildman–Crippen MR) is 83.7 cm³/mol. The van der Waals surface area contributed by atoms with Crippen molar-refractivity contribution in [3.8, 4) is 0 Å². The molecule has 21 heavy (non-hydrogen) atoms. The number of ether oxygens (including phenoxy) is 1. The highest BCUT2D eigenvalue weighted by atomic mass is 79.9. The van der Waals surface area contributed by atoms with E-state index in [4.69, 9.17) is 4.74 Å². The van der Waals surface area contributed by atoms with Gasteiger partial charge in [0.05, 0.1) is 22.8 Å². The van der Waals surface area contributed by atoms with Gasteiger partial charge in [-0.2, -0.15) is 5.10 Å². The largest absolute Gasteiger partial charge is 0.465 e. The number of carbonyl (C=O) groups excluding carboxylic acids is 2. The summed E-state index contributed by atoms with van der Waals surface area (Å²) in [6.45, 7) is 3.78. The van der Waals surface area contributed by atoms with Crippen LogP contribution in [0.4, 0.5) is 5.00 Å². The first-order chi connectivity index (χ1) is 9.90. The van der Waals surface area contributed by atoms with Gasteiger partial charge in [-0.1, -0.05) is 0 Å². The molecular weight excluding hydrogens is 358 g/mol. The van der Waals surface area contributed by atoms with E-state index in [1.807, 2.05) is 13.8 Å². The van der Waals surface area contributed by atoms with Gasteiger partial charge in [-0.05, 0) is 35.8 Å². The number of nitrogens with zero attached hydrogens (tertiary/aromatic N) is 2. The molecule has 112 valence electrons. The van der Waals surface area contributed by atoms with Gasteiger partial charge in [0.1, 0.15) is 11.5 Å². The molecule has 0 radical (unpaired) electrons. The average Bonchev–Trinajstić information content (AvgIpc) is 2.92. The Morgan fingerprint density at radius 2 is 2.19 bits per heavy atom. The molecule has 0 aromatic carbocycles. The molecular formula is C13H14BrN3O3S. The van der Waals surface area contributed by atoms with Gasteiger partial charge in [0.25, 0.3) is 0 Å². The summed E-state index contributed by atoms with van der Waals surface area (Å²) >= 11 is 4.68. The van der Waals surface area contributed by atoms with Gasteiger partial charge in [0.2, 0.25) is 5.91 Å². The monoisotopic (exact) mass is 371 g/mol. The fourth-order valence-electron chi connectivity index (χ4n) is 1.76. The third-order valence-electron chi connectivity index (χ3n) is 2.71. The number of carbonyl (C=O) groups is 2. The minimum Gasteiger partial charge on any atom is -0.465 e. The second-order valence-electron chi connectivity index (χ2n) is 4.40. The molecule has 0 saturated heterocycles. The van der Waals surface area contributed by atoms with Crippen LogP contribution in [0.25, 0.3) is 0 Å². The van der Waals surface area contributed by atoms with E-state index in [0.717, 1.165) is 15.0 Å². The lowest BCUT2D eigenvalue weighted by Gasteiger charge is -2.05. The van der Waals surface area contributed by atoms with Crippen molar-refractivity contribution < 1.29 is 14.3 Å². The number of thiophene rings is 1. The third-order valence-corrected chi connectivity index (χ3v) is 4.45. The highest BCUT2D eigenvalue weighted by molar-refractivity contribution is 9.10. The van der Waals surface area contributed by atoms with Gasteiger partial charge in [-0.15, -0.1) is 11.3 Å². The Balaban J connectivity index is 2.11. The lowest BCUT2D eigenvalue weighted by atomic mass is 10.3. The normalized spacial score (nSPS) is 10.5. The Morgan fingerprint density at radius 3 is 2.76 bits per heavy atom. The van der Waals surface area contributed by atoms with E-state index in [-0.39, 0.29) is 12.5 Å². The van der Waals surface area contributed by atoms with Crippen LogP contribution in [0.1, 0.15) is 20.9 Å². The molecule has 0 atom stereocenters. The number of methoxy groups -OCH3 is 1. The number of esters is 1. The Labute approximate surface area is 134 Å². The van der Waals surface area contributed by atoms with Crippen LogP contribution < -0.4 is 5.32 Å². The van der Waals surface area contributed by atoms with E-state index in [2.05, 4.69) is 26.3 Å². The Morgan fingerprint density at radius 1 is 1.48 bits per heavy atom. The van der Waals surface area contributed by atoms with Crippen LogP contribution in [0.3, 0.4) is 0 Å². The quantitative estimate of drug-likeness (QED) is 0.838. The molecule has 6 nitrogen and oxygen atoms in total. The number of aromatic nitrogens is 2. The van der Waals surface area contributed by atoms with Crippen molar-refractivity contribution in [2.75, 3.05) is 12.4 Å². The van der Waals surface area contributed by atoms with Gasteiger partial charge in [0, 0.05) is 11.1 Å². The zero-order valence-electron chi connectivity index (χ0n) is 11.8. The molecule has 1 N–H and O–H groups in total. The van der Waals surface area contributed by atoms with Gasteiger partial charge in [-0.3, -0.25) is 9.48 Å². The van der Waals surface area contributed by atoms with Crippen LogP contribution in [0.2, 0.25) is 0 Å². The van der Waals surface area contributed by atoms with E-state index in [0.29, 0.717) is 10.6 Å². The lowest BCUT2D eigenvalue weighted by molar-refractivity contribution is -0.116. The number of aryl methyl sites for hydroxylation is 2. The summed E-state index contributed by atoms with van der Waals surface area (Å²) in [6.07, 6.45) is 1.73. The number of amides is 1. The molecule has 0 unspecified atom stereocenters. The van der Waals surface area contributed by atoms with Crippen LogP contribution in [-0.2, 0) is 16.1 Å². The Kier molecular flexibility index (Phi) is 4.79. The van der Waals surface area contributed by atoms with Crippen LogP contribution >= 0.6 is 27.3 Å². The molecule has 2 heterocycles. The zero-order valence-corrected chi connectivity index (χ0v) is 14.2. The second-order valence-corrected chi connectivity index (χ2v) is 6.51. The second kappa shape index (κ2) is 6.40. The molecule has 8 heteroatoms. The van der Waals surface area contributed by atoms with Crippen molar-refractivity contribution in [3.63, 3.8) is 0 Å². The number of hydrogen-bond acceptors (Lipinski definition) is 5. The summed E-state index contributed by atoms with van der Waals surface area (Å²) < 4.78 is 7.08. The van der Waals surface area contributed by atoms with E-state index < -0.39 is 5.97 Å². The molecule has 0 fully saturated rings. The summed E-state index contributed by atoms with van der Waals surface area (Å²) in [7, 11) is 1.31. The standard InChI is InChI=1S/C13H14BrN3O3S/c1-7-4-9(13(19)20-3)12(21-7)15-11(18)6-17-5-10(14)8(2)16-17/h4-5H,6H2,1-3H3,(H,15,18). The first kappa shape index (κ1) is 15.7. The third kappa shape index (κ3) is 3.70. The maximum Gasteiger partial charge on any atom is 0.340 e. The Hall–Kier alpha value is -1.67. The van der Waals surface area contributed by atoms with Gasteiger partial charge < -0.3 is 10.1 Å². The summed E-state index contributed by atoms with van der Waals surface area (Å²) in [4.78, 5) is 24.6. The highest BCUT2D eigenvalue weighted by Crippen LogP contribution is 2.28. The number of anilines is 1. The van der Waals surface area contributed by atoms with Crippen LogP contribution in [0, 0.1) is 13.8 Å². The SMILES string of the molecule is COC(=O)c1cc(C)sc1NC(=O)Cn1cc(Br)c(C)n1. The molecule has 0 saturated carbocycles. The fourth-order valence-corrected chi connectivity index (χ4v) is 2.99. The zero-order chi connectivity index (χ0) is 15.6. The van der Waals surface area contributed by atoms with Crippen molar-refractivity contribution >= 4 is 44.1 Å². The summed E-state index contributed by atoms with van der Waals surface area (Å²) in [5.74, 6) is -0.718. The molecule has 0 aliphatic rings. The summed E-state index contributed by atoms with van der Waals surface area (Å²) in [5, 5.41) is 7.41. The number of hydrogen-bond donors (Lipinski definition) is 1. The molecule has 2 rings (SSSR count). The molecule has 1 amide bonds. The molecule has 2 aromatic rings. The highest BCUT2D eigenvalue weighted by Gasteiger charge is 2.17. The molecule has 2 aromatic heterocycles. The van der Waals surface area contributed by atoms with E-state index in [1.165, 1.54) is 23.1 Å². The van der Waals surface area contributed by atoms with Crippen molar-refractivity contribution in [1.82, 2.24) is 9.78 Å². The molecule has 0 aliphatic carbocycles. The number of nitrogens with one attached hydrogen (secondary N) is 1. The molecule has 0 spiro atoms. The van der Waals surface area contributed by atoms with Crippen molar-refractivity contribution in [3.05, 3.63) is 32.9 Å². The van der Waals surface area contributed by atoms with E-state index in [9.17, 15) is 9.59 Å². The summed E-state index contributed by atoms with van der Waals surface area (Å²) in [5.41, 5.74) is 1.18. The van der Waals surface area contributed by atoms with E-state index >= 15 is 0 Å². The van der Waals surface area contributed by atoms with Gasteiger partial charge >= 0.3 is 5.97 Å². The first-order valence-electron chi connectivity index (χ1n) is 6.09. The van der Waals surface area contributed by atoms with Crippen molar-refractivity contribution in [2.24, 2.45) is 0 Å². The molecule has 0 bridgehead atoms. The minimum atomic E-state index is -0.465. The fraction of sp³-hybridized carbons (Fsp3) is 0.308. The van der Waals surface area contributed by atoms with Crippen LogP contribution in [-0.4, -0.2) is 28.8 Å². The van der Waals surface area contributed by atoms with Crippen LogP contribution in [0.5, 0.6) is 0 Å². The van der Waals surface area contributed by atoms with E-state index in [1.54, 1.807) is 12.3 Å². The average molecular weight is 372 g/mol. The van der Waals surface area contributed by atoms with Gasteiger partial charge in [-0.25, -0.2) is 4.79 Å². The maximum atomic E-state index is 12.0. The topological polar surface area (TPSA) is 73.2 Å². The smallest absolute Gasteiger partial charge is 0.340 e. The van der Waals surface area contributed by atoms with Gasteiger partial charge in [0.15, 0.2) is 0 Å². The maximum absolute atomic E-state index is 12.0. The minimum absolute atomic E-state index is 0.0734. The number of rotatable bonds is 4. The first-order valence-corrected chi connectivity index (χ1v) is 7.69. The molecule has 0 aliphatic heterocycles. The summed E-state index contributed by atoms with van der Waals surface area (Å²) in [6, 6.07) is 1.70. The van der Waals surface area contributed by atoms with Crippen molar-refractivity contribution in [2.45, 2.75) is 20.4 Å². The number of halogens is 1. The van der Waals surface area contributed by atoms with Crippen molar-refractivity contribution in [1.29, 1.82) is 0 Å². The lowest BCUT2D eigenvalue weighted by Crippen LogP contribution is -2.19. The predicted octanol–water partition coefficient (Wildman–Crippen LogP) is 2.75. The van der Waals surface area contributed by atoms with Crippen LogP contribution in [0.15, 0.2) is 16.7 Å².